The van der Waals surface area contributed by atoms with Crippen molar-refractivity contribution in [3.05, 3.63) is 34.9 Å². The van der Waals surface area contributed by atoms with Crippen LogP contribution in [-0.4, -0.2) is 22.5 Å². The van der Waals surface area contributed by atoms with Crippen LogP contribution < -0.4 is 5.32 Å². The molecule has 1 aliphatic carbocycles. The van der Waals surface area contributed by atoms with E-state index in [1.165, 1.54) is 0 Å². The molecule has 1 aromatic carbocycles. The number of carbonyl (C=O) groups excluding carboxylic acids is 1. The molecule has 96 valence electrons. The molecule has 1 saturated carbocycles. The minimum atomic E-state index is -1.05. The predicted molar refractivity (Wildman–Crippen MR) is 67.6 cm³/mol. The maximum Gasteiger partial charge on any atom is 0.329 e. The summed E-state index contributed by atoms with van der Waals surface area (Å²) in [7, 11) is 0. The summed E-state index contributed by atoms with van der Waals surface area (Å²) in [5.41, 5.74) is 1.44. The largest absolute Gasteiger partial charge is 0.480 e. The summed E-state index contributed by atoms with van der Waals surface area (Å²) in [6, 6.07) is 5.47. The van der Waals surface area contributed by atoms with Crippen LogP contribution >= 0.6 is 0 Å². The normalized spacial score (nSPS) is 16.8. The van der Waals surface area contributed by atoms with Gasteiger partial charge in [0.15, 0.2) is 0 Å². The van der Waals surface area contributed by atoms with Crippen molar-refractivity contribution in [2.24, 2.45) is 0 Å². The fourth-order valence-corrected chi connectivity index (χ4v) is 2.20. The zero-order chi connectivity index (χ0) is 13.3. The highest BCUT2D eigenvalue weighted by Gasteiger charge is 2.45. The summed E-state index contributed by atoms with van der Waals surface area (Å²) in [6.07, 6.45) is 1.87. The number of nitrogens with one attached hydrogen (secondary N) is 1. The molecule has 2 rings (SSSR count). The SMILES string of the molecule is Cc1cccc(C(=O)NC2(C(=O)O)CCC2)c1C. The van der Waals surface area contributed by atoms with Crippen LogP contribution in [0.2, 0.25) is 0 Å². The van der Waals surface area contributed by atoms with E-state index in [1.807, 2.05) is 26.0 Å². The van der Waals surface area contributed by atoms with E-state index in [0.29, 0.717) is 18.4 Å². The summed E-state index contributed by atoms with van der Waals surface area (Å²) in [6.45, 7) is 3.81. The van der Waals surface area contributed by atoms with E-state index in [4.69, 9.17) is 0 Å². The molecule has 18 heavy (non-hydrogen) atoms. The van der Waals surface area contributed by atoms with Crippen LogP contribution in [0.3, 0.4) is 0 Å². The van der Waals surface area contributed by atoms with Gasteiger partial charge in [-0.1, -0.05) is 12.1 Å². The van der Waals surface area contributed by atoms with Gasteiger partial charge in [-0.15, -0.1) is 0 Å². The standard InChI is InChI=1S/C14H17NO3/c1-9-5-3-6-11(10(9)2)12(16)15-14(13(17)18)7-4-8-14/h3,5-6H,4,7-8H2,1-2H3,(H,15,16)(H,17,18). The molecule has 0 unspecified atom stereocenters. The Balaban J connectivity index is 2.22. The third kappa shape index (κ3) is 1.98. The first-order valence-electron chi connectivity index (χ1n) is 6.08. The van der Waals surface area contributed by atoms with E-state index < -0.39 is 11.5 Å². The number of carbonyl (C=O) groups is 2. The summed E-state index contributed by atoms with van der Waals surface area (Å²) in [5.74, 6) is -1.23. The molecule has 0 heterocycles. The molecule has 0 saturated heterocycles. The minimum absolute atomic E-state index is 0.293. The number of amides is 1. The molecular formula is C14H17NO3. The topological polar surface area (TPSA) is 66.4 Å². The lowest BCUT2D eigenvalue weighted by Gasteiger charge is -2.38. The summed E-state index contributed by atoms with van der Waals surface area (Å²) in [5, 5.41) is 11.9. The number of carboxylic acids is 1. The number of rotatable bonds is 3. The van der Waals surface area contributed by atoms with E-state index in [1.54, 1.807) is 6.07 Å². The third-order valence-electron chi connectivity index (χ3n) is 3.82. The molecule has 1 fully saturated rings. The molecule has 0 atom stereocenters. The van der Waals surface area contributed by atoms with Crippen LogP contribution in [0.4, 0.5) is 0 Å². The Kier molecular flexibility index (Phi) is 3.11. The molecule has 2 N–H and O–H groups in total. The van der Waals surface area contributed by atoms with Gasteiger partial charge in [0, 0.05) is 5.56 Å². The van der Waals surface area contributed by atoms with Crippen molar-refractivity contribution in [3.63, 3.8) is 0 Å². The van der Waals surface area contributed by atoms with Crippen LogP contribution in [0, 0.1) is 13.8 Å². The van der Waals surface area contributed by atoms with Gasteiger partial charge in [-0.3, -0.25) is 4.79 Å². The maximum absolute atomic E-state index is 12.2. The number of hydrogen-bond acceptors (Lipinski definition) is 2. The quantitative estimate of drug-likeness (QED) is 0.859. The van der Waals surface area contributed by atoms with Crippen LogP contribution in [-0.2, 0) is 4.79 Å². The zero-order valence-corrected chi connectivity index (χ0v) is 10.6. The molecule has 1 aliphatic rings. The van der Waals surface area contributed by atoms with Gasteiger partial charge in [-0.25, -0.2) is 4.79 Å². The lowest BCUT2D eigenvalue weighted by Crippen LogP contribution is -2.59. The van der Waals surface area contributed by atoms with Crippen molar-refractivity contribution in [1.29, 1.82) is 0 Å². The van der Waals surface area contributed by atoms with Gasteiger partial charge in [0.25, 0.3) is 5.91 Å². The molecule has 0 aliphatic heterocycles. The van der Waals surface area contributed by atoms with Crippen LogP contribution in [0.25, 0.3) is 0 Å². The Morgan fingerprint density at radius 2 is 1.94 bits per heavy atom. The second kappa shape index (κ2) is 4.44. The molecule has 4 nitrogen and oxygen atoms in total. The zero-order valence-electron chi connectivity index (χ0n) is 10.6. The van der Waals surface area contributed by atoms with Gasteiger partial charge < -0.3 is 10.4 Å². The van der Waals surface area contributed by atoms with Crippen LogP contribution in [0.5, 0.6) is 0 Å². The second-order valence-corrected chi connectivity index (χ2v) is 4.94. The first-order chi connectivity index (χ1) is 8.46. The van der Waals surface area contributed by atoms with Crippen molar-refractivity contribution >= 4 is 11.9 Å². The molecular weight excluding hydrogens is 230 g/mol. The van der Waals surface area contributed by atoms with Gasteiger partial charge in [0.2, 0.25) is 0 Å². The highest BCUT2D eigenvalue weighted by Crippen LogP contribution is 2.32. The van der Waals surface area contributed by atoms with Gasteiger partial charge in [-0.2, -0.15) is 0 Å². The number of benzene rings is 1. The lowest BCUT2D eigenvalue weighted by atomic mass is 9.76. The van der Waals surface area contributed by atoms with Crippen molar-refractivity contribution in [2.45, 2.75) is 38.6 Å². The van der Waals surface area contributed by atoms with Crippen LogP contribution in [0.15, 0.2) is 18.2 Å². The Labute approximate surface area is 106 Å². The summed E-state index contributed by atoms with van der Waals surface area (Å²) in [4.78, 5) is 23.4. The van der Waals surface area contributed by atoms with Crippen molar-refractivity contribution < 1.29 is 14.7 Å². The molecule has 0 spiro atoms. The van der Waals surface area contributed by atoms with Crippen molar-refractivity contribution in [2.75, 3.05) is 0 Å². The highest BCUT2D eigenvalue weighted by atomic mass is 16.4. The number of aryl methyl sites for hydroxylation is 1. The second-order valence-electron chi connectivity index (χ2n) is 4.94. The molecule has 0 aromatic heterocycles. The Morgan fingerprint density at radius 3 is 2.44 bits per heavy atom. The smallest absolute Gasteiger partial charge is 0.329 e. The Morgan fingerprint density at radius 1 is 1.28 bits per heavy atom. The summed E-state index contributed by atoms with van der Waals surface area (Å²) >= 11 is 0. The van der Waals surface area contributed by atoms with E-state index in [-0.39, 0.29) is 5.91 Å². The third-order valence-corrected chi connectivity index (χ3v) is 3.82. The van der Waals surface area contributed by atoms with Gasteiger partial charge in [-0.05, 0) is 50.3 Å². The molecule has 4 heteroatoms. The fraction of sp³-hybridized carbons (Fsp3) is 0.429. The monoisotopic (exact) mass is 247 g/mol. The lowest BCUT2D eigenvalue weighted by molar-refractivity contribution is -0.148. The molecule has 1 amide bonds. The predicted octanol–water partition coefficient (Wildman–Crippen LogP) is 2.04. The van der Waals surface area contributed by atoms with Crippen LogP contribution in [0.1, 0.15) is 40.7 Å². The average molecular weight is 247 g/mol. The van der Waals surface area contributed by atoms with Crippen molar-refractivity contribution in [1.82, 2.24) is 5.32 Å². The first-order valence-corrected chi connectivity index (χ1v) is 6.08. The fourth-order valence-electron chi connectivity index (χ4n) is 2.20. The number of aliphatic carboxylic acids is 1. The van der Waals surface area contributed by atoms with Gasteiger partial charge in [0.05, 0.1) is 0 Å². The maximum atomic E-state index is 12.2. The minimum Gasteiger partial charge on any atom is -0.480 e. The van der Waals surface area contributed by atoms with Gasteiger partial charge >= 0.3 is 5.97 Å². The van der Waals surface area contributed by atoms with E-state index in [0.717, 1.165) is 17.5 Å². The van der Waals surface area contributed by atoms with E-state index in [2.05, 4.69) is 5.32 Å². The highest BCUT2D eigenvalue weighted by molar-refractivity contribution is 5.99. The van der Waals surface area contributed by atoms with E-state index >= 15 is 0 Å². The molecule has 0 bridgehead atoms. The number of carboxylic acid groups (broad SMARTS) is 1. The molecule has 1 aromatic rings. The van der Waals surface area contributed by atoms with Crippen molar-refractivity contribution in [3.8, 4) is 0 Å². The Hall–Kier alpha value is -1.84. The first kappa shape index (κ1) is 12.6. The van der Waals surface area contributed by atoms with Gasteiger partial charge in [0.1, 0.15) is 5.54 Å². The Bertz CT molecular complexity index is 504. The average Bonchev–Trinajstić information content (AvgIpc) is 2.26. The number of hydrogen-bond donors (Lipinski definition) is 2. The summed E-state index contributed by atoms with van der Waals surface area (Å²) < 4.78 is 0. The van der Waals surface area contributed by atoms with E-state index in [9.17, 15) is 14.7 Å². The molecule has 0 radical (unpaired) electrons.